The number of aromatic nitrogens is 2. The molecule has 0 bridgehead atoms. The predicted molar refractivity (Wildman–Crippen MR) is 120 cm³/mol. The number of carbonyl (C=O) groups excluding carboxylic acids is 1. The Hall–Kier alpha value is -3.56. The molecule has 4 rings (SSSR count). The zero-order chi connectivity index (χ0) is 22.7. The lowest BCUT2D eigenvalue weighted by Crippen LogP contribution is -2.38. The minimum atomic E-state index is -3.82. The van der Waals surface area contributed by atoms with E-state index in [9.17, 15) is 13.2 Å². The van der Waals surface area contributed by atoms with E-state index >= 15 is 0 Å². The maximum atomic E-state index is 12.9. The lowest BCUT2D eigenvalue weighted by Gasteiger charge is -2.17. The summed E-state index contributed by atoms with van der Waals surface area (Å²) in [5.74, 6) is 0.177. The lowest BCUT2D eigenvalue weighted by molar-refractivity contribution is -0.121. The van der Waals surface area contributed by atoms with E-state index < -0.39 is 15.9 Å². The highest BCUT2D eigenvalue weighted by atomic mass is 32.2. The molecule has 0 fully saturated rings. The smallest absolute Gasteiger partial charge is 0.246 e. The van der Waals surface area contributed by atoms with Crippen LogP contribution in [0.25, 0.3) is 22.2 Å². The van der Waals surface area contributed by atoms with Gasteiger partial charge in [-0.3, -0.25) is 4.79 Å². The number of sulfonamides is 1. The van der Waals surface area contributed by atoms with E-state index in [1.165, 1.54) is 13.1 Å². The Labute approximate surface area is 185 Å². The third-order valence-electron chi connectivity index (χ3n) is 4.98. The van der Waals surface area contributed by atoms with Gasteiger partial charge in [-0.25, -0.2) is 8.42 Å². The molecule has 0 unspecified atom stereocenters. The average molecular weight is 451 g/mol. The molecule has 0 aliphatic rings. The molecule has 0 aliphatic heterocycles. The van der Waals surface area contributed by atoms with Crippen LogP contribution in [0.1, 0.15) is 11.5 Å². The number of hydrogen-bond acceptors (Lipinski definition) is 6. The summed E-state index contributed by atoms with van der Waals surface area (Å²) in [4.78, 5) is 16.7. The summed E-state index contributed by atoms with van der Waals surface area (Å²) in [6, 6.07) is 20.0. The molecule has 1 amide bonds. The van der Waals surface area contributed by atoms with Crippen LogP contribution >= 0.6 is 0 Å². The predicted octanol–water partition coefficient (Wildman–Crippen LogP) is 3.14. The topological polar surface area (TPSA) is 105 Å². The zero-order valence-electron chi connectivity index (χ0n) is 17.6. The largest absolute Gasteiger partial charge is 0.346 e. The third kappa shape index (κ3) is 4.68. The molecule has 4 aromatic rings. The minimum Gasteiger partial charge on any atom is -0.346 e. The normalized spacial score (nSPS) is 11.7. The molecule has 164 valence electrons. The number of nitrogens with one attached hydrogen (secondary N) is 1. The van der Waals surface area contributed by atoms with Gasteiger partial charge < -0.3 is 9.84 Å². The Bertz CT molecular complexity index is 1380. The van der Waals surface area contributed by atoms with Crippen molar-refractivity contribution in [3.05, 3.63) is 78.2 Å². The molecule has 3 aromatic carbocycles. The van der Waals surface area contributed by atoms with E-state index in [4.69, 9.17) is 4.52 Å². The Morgan fingerprint density at radius 2 is 1.81 bits per heavy atom. The van der Waals surface area contributed by atoms with Crippen LogP contribution in [0, 0.1) is 6.92 Å². The van der Waals surface area contributed by atoms with Gasteiger partial charge in [0.05, 0.1) is 18.0 Å². The highest BCUT2D eigenvalue weighted by Crippen LogP contribution is 2.21. The Morgan fingerprint density at radius 3 is 2.59 bits per heavy atom. The van der Waals surface area contributed by atoms with Gasteiger partial charge in [-0.15, -0.1) is 0 Å². The fourth-order valence-electron chi connectivity index (χ4n) is 3.25. The zero-order valence-corrected chi connectivity index (χ0v) is 18.5. The fraction of sp³-hybridized carbons (Fsp3) is 0.174. The number of hydrogen-bond donors (Lipinski definition) is 1. The first-order chi connectivity index (χ1) is 15.3. The first-order valence-electron chi connectivity index (χ1n) is 9.94. The molecule has 0 spiro atoms. The van der Waals surface area contributed by atoms with Gasteiger partial charge in [-0.1, -0.05) is 59.3 Å². The summed E-state index contributed by atoms with van der Waals surface area (Å²) in [6.07, 6.45) is 0. The second kappa shape index (κ2) is 8.89. The molecule has 8 nitrogen and oxygen atoms in total. The Kier molecular flexibility index (Phi) is 6.02. The molecule has 1 N–H and O–H groups in total. The molecule has 32 heavy (non-hydrogen) atoms. The molecule has 1 aromatic heterocycles. The van der Waals surface area contributed by atoms with Crippen molar-refractivity contribution in [2.24, 2.45) is 0 Å². The van der Waals surface area contributed by atoms with Crippen molar-refractivity contribution < 1.29 is 17.7 Å². The van der Waals surface area contributed by atoms with Crippen LogP contribution in [0.4, 0.5) is 0 Å². The first-order valence-corrected chi connectivity index (χ1v) is 11.4. The van der Waals surface area contributed by atoms with Gasteiger partial charge in [0.25, 0.3) is 0 Å². The summed E-state index contributed by atoms with van der Waals surface area (Å²) < 4.78 is 32.0. The van der Waals surface area contributed by atoms with Gasteiger partial charge in [0, 0.05) is 12.6 Å². The van der Waals surface area contributed by atoms with Crippen LogP contribution in [0.3, 0.4) is 0 Å². The summed E-state index contributed by atoms with van der Waals surface area (Å²) in [6.45, 7) is 1.63. The standard InChI is InChI=1S/C23H22N4O4S/c1-16-6-5-9-19(12-16)23-25-22(31-26-23)14-24-21(28)15-27(2)32(29,30)20-11-10-17-7-3-4-8-18(17)13-20/h3-13H,14-15H2,1-2H3,(H,24,28). The molecule has 9 heteroatoms. The number of fused-ring (bicyclic) bond motifs is 1. The SMILES string of the molecule is Cc1cccc(-c2noc(CNC(=O)CN(C)S(=O)(=O)c3ccc4ccccc4c3)n2)c1. The van der Waals surface area contributed by atoms with Crippen molar-refractivity contribution in [2.75, 3.05) is 13.6 Å². The van der Waals surface area contributed by atoms with Crippen molar-refractivity contribution >= 4 is 26.7 Å². The van der Waals surface area contributed by atoms with Crippen molar-refractivity contribution in [1.29, 1.82) is 0 Å². The molecular formula is C23H22N4O4S. The van der Waals surface area contributed by atoms with Gasteiger partial charge in [0.2, 0.25) is 27.6 Å². The molecular weight excluding hydrogens is 428 g/mol. The lowest BCUT2D eigenvalue weighted by atomic mass is 10.1. The highest BCUT2D eigenvalue weighted by molar-refractivity contribution is 7.89. The van der Waals surface area contributed by atoms with Crippen LogP contribution in [0.15, 0.2) is 76.1 Å². The number of amides is 1. The van der Waals surface area contributed by atoms with Crippen LogP contribution in [0.2, 0.25) is 0 Å². The molecule has 0 radical (unpaired) electrons. The van der Waals surface area contributed by atoms with E-state index in [-0.39, 0.29) is 23.9 Å². The van der Waals surface area contributed by atoms with Gasteiger partial charge >= 0.3 is 0 Å². The number of nitrogens with zero attached hydrogens (tertiary/aromatic N) is 3. The van der Waals surface area contributed by atoms with E-state index in [0.29, 0.717) is 5.82 Å². The molecule has 0 atom stereocenters. The Morgan fingerprint density at radius 1 is 1.03 bits per heavy atom. The Balaban J connectivity index is 1.38. The number of aryl methyl sites for hydroxylation is 1. The monoisotopic (exact) mass is 450 g/mol. The van der Waals surface area contributed by atoms with Crippen molar-refractivity contribution in [3.63, 3.8) is 0 Å². The quantitative estimate of drug-likeness (QED) is 0.464. The van der Waals surface area contributed by atoms with Gasteiger partial charge in [0.15, 0.2) is 0 Å². The summed E-state index contributed by atoms with van der Waals surface area (Å²) >= 11 is 0. The van der Waals surface area contributed by atoms with E-state index in [0.717, 1.165) is 26.2 Å². The van der Waals surface area contributed by atoms with Gasteiger partial charge in [0.1, 0.15) is 0 Å². The molecule has 0 saturated heterocycles. The molecule has 1 heterocycles. The van der Waals surface area contributed by atoms with Crippen molar-refractivity contribution in [1.82, 2.24) is 19.8 Å². The second-order valence-electron chi connectivity index (χ2n) is 7.43. The average Bonchev–Trinajstić information content (AvgIpc) is 3.26. The number of rotatable bonds is 7. The number of carbonyl (C=O) groups is 1. The maximum absolute atomic E-state index is 12.9. The van der Waals surface area contributed by atoms with Gasteiger partial charge in [-0.05, 0) is 35.9 Å². The molecule has 0 saturated carbocycles. The highest BCUT2D eigenvalue weighted by Gasteiger charge is 2.23. The number of benzene rings is 3. The maximum Gasteiger partial charge on any atom is 0.246 e. The minimum absolute atomic E-state index is 0.00150. The summed E-state index contributed by atoms with van der Waals surface area (Å²) in [5.41, 5.74) is 1.88. The summed E-state index contributed by atoms with van der Waals surface area (Å²) in [7, 11) is -2.46. The second-order valence-corrected chi connectivity index (χ2v) is 9.47. The van der Waals surface area contributed by atoms with Crippen molar-refractivity contribution in [3.8, 4) is 11.4 Å². The van der Waals surface area contributed by atoms with Crippen molar-refractivity contribution in [2.45, 2.75) is 18.4 Å². The fourth-order valence-corrected chi connectivity index (χ4v) is 4.42. The van der Waals surface area contributed by atoms with Crippen LogP contribution < -0.4 is 5.32 Å². The van der Waals surface area contributed by atoms with Gasteiger partial charge in [-0.2, -0.15) is 9.29 Å². The van der Waals surface area contributed by atoms with E-state index in [1.807, 2.05) is 55.5 Å². The number of likely N-dealkylation sites (N-methyl/N-ethyl adjacent to an activating group) is 1. The van der Waals surface area contributed by atoms with Crippen LogP contribution in [-0.2, 0) is 21.4 Å². The van der Waals surface area contributed by atoms with Crippen LogP contribution in [-0.4, -0.2) is 42.4 Å². The molecule has 0 aliphatic carbocycles. The third-order valence-corrected chi connectivity index (χ3v) is 6.78. The van der Waals surface area contributed by atoms with Crippen LogP contribution in [0.5, 0.6) is 0 Å². The summed E-state index contributed by atoms with van der Waals surface area (Å²) in [5, 5.41) is 8.30. The first kappa shape index (κ1) is 21.7. The van der Waals surface area contributed by atoms with E-state index in [1.54, 1.807) is 12.1 Å². The van der Waals surface area contributed by atoms with E-state index in [2.05, 4.69) is 15.5 Å².